The van der Waals surface area contributed by atoms with E-state index in [-0.39, 0.29) is 5.41 Å². The second-order valence-corrected chi connectivity index (χ2v) is 7.00. The highest BCUT2D eigenvalue weighted by Gasteiger charge is 2.23. The molecule has 21 heavy (non-hydrogen) atoms. The van der Waals surface area contributed by atoms with Gasteiger partial charge in [-0.3, -0.25) is 0 Å². The highest BCUT2D eigenvalue weighted by Crippen LogP contribution is 2.34. The zero-order valence-corrected chi connectivity index (χ0v) is 14.8. The van der Waals surface area contributed by atoms with Crippen LogP contribution in [0.2, 0.25) is 0 Å². The molecule has 0 spiro atoms. The summed E-state index contributed by atoms with van der Waals surface area (Å²) in [5.41, 5.74) is 1.72. The van der Waals surface area contributed by atoms with Crippen LogP contribution >= 0.6 is 15.9 Å². The van der Waals surface area contributed by atoms with Gasteiger partial charge in [0.05, 0.1) is 10.7 Å². The standard InChI is InChI=1S/C16H22BrN3O/c1-6-8-18-14-10(2)12(13-11(17)7-9-21-13)19-15(20-14)16(3,4)5/h7,9H,6,8H2,1-5H3,(H,18,19,20). The van der Waals surface area contributed by atoms with E-state index in [9.17, 15) is 0 Å². The molecule has 2 aromatic heterocycles. The zero-order valence-electron chi connectivity index (χ0n) is 13.2. The Morgan fingerprint density at radius 1 is 1.29 bits per heavy atom. The van der Waals surface area contributed by atoms with Crippen molar-refractivity contribution in [3.63, 3.8) is 0 Å². The smallest absolute Gasteiger partial charge is 0.166 e. The number of hydrogen-bond acceptors (Lipinski definition) is 4. The minimum atomic E-state index is -0.121. The molecule has 0 unspecified atom stereocenters. The van der Waals surface area contributed by atoms with Crippen molar-refractivity contribution in [2.75, 3.05) is 11.9 Å². The van der Waals surface area contributed by atoms with Gasteiger partial charge in [0.15, 0.2) is 5.76 Å². The van der Waals surface area contributed by atoms with Crippen LogP contribution in [0.5, 0.6) is 0 Å². The van der Waals surface area contributed by atoms with Crippen molar-refractivity contribution >= 4 is 21.7 Å². The monoisotopic (exact) mass is 351 g/mol. The Morgan fingerprint density at radius 3 is 2.52 bits per heavy atom. The van der Waals surface area contributed by atoms with Crippen molar-refractivity contribution < 1.29 is 4.42 Å². The maximum Gasteiger partial charge on any atom is 0.166 e. The number of anilines is 1. The summed E-state index contributed by atoms with van der Waals surface area (Å²) in [5.74, 6) is 2.44. The van der Waals surface area contributed by atoms with Crippen LogP contribution in [0.15, 0.2) is 21.2 Å². The number of aromatic nitrogens is 2. The summed E-state index contributed by atoms with van der Waals surface area (Å²) in [6, 6.07) is 1.88. The van der Waals surface area contributed by atoms with Gasteiger partial charge in [-0.15, -0.1) is 0 Å². The fourth-order valence-corrected chi connectivity index (χ4v) is 2.34. The summed E-state index contributed by atoms with van der Waals surface area (Å²) >= 11 is 3.51. The van der Waals surface area contributed by atoms with Gasteiger partial charge in [0, 0.05) is 17.5 Å². The van der Waals surface area contributed by atoms with Crippen LogP contribution in [0, 0.1) is 6.92 Å². The third-order valence-corrected chi connectivity index (χ3v) is 3.82. The summed E-state index contributed by atoms with van der Waals surface area (Å²) in [4.78, 5) is 9.44. The summed E-state index contributed by atoms with van der Waals surface area (Å²) in [6.07, 6.45) is 2.71. The molecule has 0 saturated heterocycles. The van der Waals surface area contributed by atoms with Crippen molar-refractivity contribution in [1.82, 2.24) is 9.97 Å². The molecule has 0 aliphatic heterocycles. The second-order valence-electron chi connectivity index (χ2n) is 6.14. The Morgan fingerprint density at radius 2 is 2.00 bits per heavy atom. The average Bonchev–Trinajstić information content (AvgIpc) is 2.82. The Balaban J connectivity index is 2.60. The third kappa shape index (κ3) is 3.46. The number of nitrogens with one attached hydrogen (secondary N) is 1. The van der Waals surface area contributed by atoms with E-state index in [0.717, 1.165) is 46.1 Å². The highest BCUT2D eigenvalue weighted by atomic mass is 79.9. The van der Waals surface area contributed by atoms with Crippen LogP contribution in [-0.2, 0) is 5.41 Å². The predicted molar refractivity (Wildman–Crippen MR) is 89.7 cm³/mol. The van der Waals surface area contributed by atoms with Gasteiger partial charge in [-0.05, 0) is 35.3 Å². The lowest BCUT2D eigenvalue weighted by Crippen LogP contribution is -2.19. The maximum absolute atomic E-state index is 5.59. The molecule has 0 atom stereocenters. The molecule has 0 aliphatic rings. The molecule has 114 valence electrons. The quantitative estimate of drug-likeness (QED) is 0.848. The van der Waals surface area contributed by atoms with E-state index in [4.69, 9.17) is 14.4 Å². The minimum absolute atomic E-state index is 0.121. The Bertz CT molecular complexity index is 629. The molecule has 5 heteroatoms. The molecule has 4 nitrogen and oxygen atoms in total. The first kappa shape index (κ1) is 16.0. The molecule has 1 N–H and O–H groups in total. The Hall–Kier alpha value is -1.36. The van der Waals surface area contributed by atoms with E-state index in [0.29, 0.717) is 0 Å². The van der Waals surface area contributed by atoms with Crippen LogP contribution in [0.3, 0.4) is 0 Å². The largest absolute Gasteiger partial charge is 0.461 e. The molecular formula is C16H22BrN3O. The summed E-state index contributed by atoms with van der Waals surface area (Å²) < 4.78 is 6.50. The first-order valence-corrected chi connectivity index (χ1v) is 8.00. The molecule has 2 rings (SSSR count). The van der Waals surface area contributed by atoms with Crippen molar-refractivity contribution in [1.29, 1.82) is 0 Å². The van der Waals surface area contributed by atoms with Gasteiger partial charge < -0.3 is 9.73 Å². The zero-order chi connectivity index (χ0) is 15.6. The number of nitrogens with zero attached hydrogens (tertiary/aromatic N) is 2. The molecule has 0 aliphatic carbocycles. The molecule has 0 radical (unpaired) electrons. The van der Waals surface area contributed by atoms with E-state index in [1.807, 2.05) is 13.0 Å². The molecule has 0 saturated carbocycles. The van der Waals surface area contributed by atoms with Crippen LogP contribution in [0.25, 0.3) is 11.5 Å². The highest BCUT2D eigenvalue weighted by molar-refractivity contribution is 9.10. The van der Waals surface area contributed by atoms with E-state index >= 15 is 0 Å². The topological polar surface area (TPSA) is 51.0 Å². The van der Waals surface area contributed by atoms with Crippen molar-refractivity contribution in [3.8, 4) is 11.5 Å². The molecule has 0 aromatic carbocycles. The molecule has 0 fully saturated rings. The molecule has 2 aromatic rings. The van der Waals surface area contributed by atoms with Gasteiger partial charge in [0.25, 0.3) is 0 Å². The SMILES string of the molecule is CCCNc1nc(C(C)(C)C)nc(-c2occc2Br)c1C. The van der Waals surface area contributed by atoms with Gasteiger partial charge in [-0.1, -0.05) is 27.7 Å². The lowest BCUT2D eigenvalue weighted by molar-refractivity contribution is 0.540. The molecular weight excluding hydrogens is 330 g/mol. The van der Waals surface area contributed by atoms with E-state index in [2.05, 4.69) is 48.9 Å². The Labute approximate surface area is 134 Å². The number of halogens is 1. The number of hydrogen-bond donors (Lipinski definition) is 1. The fraction of sp³-hybridized carbons (Fsp3) is 0.500. The van der Waals surface area contributed by atoms with Crippen LogP contribution < -0.4 is 5.32 Å². The summed E-state index contributed by atoms with van der Waals surface area (Å²) in [6.45, 7) is 11.4. The lowest BCUT2D eigenvalue weighted by Gasteiger charge is -2.20. The van der Waals surface area contributed by atoms with Gasteiger partial charge in [-0.25, -0.2) is 9.97 Å². The summed E-state index contributed by atoms with van der Waals surface area (Å²) in [5, 5.41) is 3.39. The molecule has 2 heterocycles. The third-order valence-electron chi connectivity index (χ3n) is 3.19. The number of furan rings is 1. The van der Waals surface area contributed by atoms with Crippen molar-refractivity contribution in [2.24, 2.45) is 0 Å². The van der Waals surface area contributed by atoms with Crippen LogP contribution in [-0.4, -0.2) is 16.5 Å². The van der Waals surface area contributed by atoms with Gasteiger partial charge in [0.1, 0.15) is 17.3 Å². The first-order valence-electron chi connectivity index (χ1n) is 7.21. The fourth-order valence-electron chi connectivity index (χ4n) is 1.95. The van der Waals surface area contributed by atoms with E-state index < -0.39 is 0 Å². The minimum Gasteiger partial charge on any atom is -0.461 e. The average molecular weight is 352 g/mol. The second kappa shape index (κ2) is 6.18. The van der Waals surface area contributed by atoms with Gasteiger partial charge >= 0.3 is 0 Å². The van der Waals surface area contributed by atoms with E-state index in [1.165, 1.54) is 0 Å². The summed E-state index contributed by atoms with van der Waals surface area (Å²) in [7, 11) is 0. The lowest BCUT2D eigenvalue weighted by atomic mass is 9.95. The van der Waals surface area contributed by atoms with Crippen LogP contribution in [0.1, 0.15) is 45.5 Å². The number of rotatable bonds is 4. The molecule has 0 amide bonds. The normalized spacial score (nSPS) is 11.7. The Kier molecular flexibility index (Phi) is 4.71. The first-order chi connectivity index (χ1) is 9.84. The predicted octanol–water partition coefficient (Wildman–Crippen LogP) is 4.93. The van der Waals surface area contributed by atoms with Crippen LogP contribution in [0.4, 0.5) is 5.82 Å². The van der Waals surface area contributed by atoms with Crippen molar-refractivity contribution in [2.45, 2.75) is 46.5 Å². The maximum atomic E-state index is 5.59. The van der Waals surface area contributed by atoms with Gasteiger partial charge in [-0.2, -0.15) is 0 Å². The van der Waals surface area contributed by atoms with Gasteiger partial charge in [0.2, 0.25) is 0 Å². The van der Waals surface area contributed by atoms with Crippen molar-refractivity contribution in [3.05, 3.63) is 28.2 Å². The van der Waals surface area contributed by atoms with E-state index in [1.54, 1.807) is 6.26 Å². The molecule has 0 bridgehead atoms.